The maximum Gasteiger partial charge on any atom is 0.452 e. The molecule has 0 aromatic heterocycles. The van der Waals surface area contributed by atoms with Gasteiger partial charge in [0.2, 0.25) is 0 Å². The van der Waals surface area contributed by atoms with Crippen molar-refractivity contribution < 1.29 is 28.0 Å². The molecule has 0 saturated carbocycles. The number of rotatable bonds is 3. The Kier molecular flexibility index (Phi) is 3.80. The quantitative estimate of drug-likeness (QED) is 0.647. The average Bonchev–Trinajstić information content (AvgIpc) is 2.25. The molecule has 1 rings (SSSR count). The molecule has 104 valence electrons. The molecule has 0 heterocycles. The number of phenols is 1. The summed E-state index contributed by atoms with van der Waals surface area (Å²) >= 11 is 0. The van der Waals surface area contributed by atoms with Crippen LogP contribution in [0.1, 0.15) is 17.2 Å². The molecule has 0 aliphatic heterocycles. The molecule has 1 aromatic carbocycles. The molecule has 3 N–H and O–H groups in total. The number of nitrogens with zero attached hydrogens (tertiary/aromatic N) is 1. The van der Waals surface area contributed by atoms with Gasteiger partial charge in [-0.05, 0) is 12.5 Å². The molecule has 0 aliphatic carbocycles. The number of carbonyl (C=O) groups excluding carboxylic acids is 1. The number of alkyl halides is 3. The van der Waals surface area contributed by atoms with Crippen LogP contribution in [0.3, 0.4) is 0 Å². The molecule has 6 nitrogen and oxygen atoms in total. The van der Waals surface area contributed by atoms with Crippen LogP contribution in [0.4, 0.5) is 18.9 Å². The van der Waals surface area contributed by atoms with Gasteiger partial charge in [-0.25, -0.2) is 0 Å². The summed E-state index contributed by atoms with van der Waals surface area (Å²) in [5.41, 5.74) is 3.78. The number of carbonyl (C=O) groups is 1. The first kappa shape index (κ1) is 14.9. The van der Waals surface area contributed by atoms with Gasteiger partial charge in [0.15, 0.2) is 5.75 Å². The number of hydrogen-bond acceptors (Lipinski definition) is 5. The number of aryl methyl sites for hydroxylation is 1. The van der Waals surface area contributed by atoms with E-state index in [0.717, 1.165) is 12.1 Å². The summed E-state index contributed by atoms with van der Waals surface area (Å²) in [4.78, 5) is 20.6. The van der Waals surface area contributed by atoms with Crippen LogP contribution >= 0.6 is 0 Å². The molecule has 1 aromatic rings. The van der Waals surface area contributed by atoms with E-state index in [1.165, 1.54) is 6.92 Å². The maximum atomic E-state index is 12.3. The highest BCUT2D eigenvalue weighted by Gasteiger charge is 2.44. The van der Waals surface area contributed by atoms with Gasteiger partial charge in [0.05, 0.1) is 4.92 Å². The van der Waals surface area contributed by atoms with E-state index in [9.17, 15) is 33.2 Å². The predicted octanol–water partition coefficient (Wildman–Crippen LogP) is 1.74. The first-order valence-electron chi connectivity index (χ1n) is 4.90. The van der Waals surface area contributed by atoms with Gasteiger partial charge in [-0.3, -0.25) is 14.9 Å². The summed E-state index contributed by atoms with van der Waals surface area (Å²) in [7, 11) is 0. The summed E-state index contributed by atoms with van der Waals surface area (Å²) in [6.45, 7) is 1.28. The fourth-order valence-corrected chi connectivity index (χ4v) is 1.54. The number of phenolic OH excluding ortho intramolecular Hbond substituents is 1. The zero-order chi connectivity index (χ0) is 15.0. The van der Waals surface area contributed by atoms with Gasteiger partial charge in [0.1, 0.15) is 6.04 Å². The molecule has 0 saturated heterocycles. The molecule has 19 heavy (non-hydrogen) atoms. The summed E-state index contributed by atoms with van der Waals surface area (Å²) in [5.74, 6) is -3.32. The average molecular weight is 278 g/mol. The fourth-order valence-electron chi connectivity index (χ4n) is 1.54. The van der Waals surface area contributed by atoms with E-state index in [1.54, 1.807) is 0 Å². The molecule has 0 fully saturated rings. The third-order valence-corrected chi connectivity index (χ3v) is 2.48. The summed E-state index contributed by atoms with van der Waals surface area (Å²) < 4.78 is 36.8. The Morgan fingerprint density at radius 3 is 2.42 bits per heavy atom. The van der Waals surface area contributed by atoms with Crippen molar-refractivity contribution in [1.29, 1.82) is 0 Å². The second-order valence-electron chi connectivity index (χ2n) is 3.76. The van der Waals surface area contributed by atoms with Crippen molar-refractivity contribution in [3.63, 3.8) is 0 Å². The van der Waals surface area contributed by atoms with Gasteiger partial charge >= 0.3 is 11.9 Å². The number of nitro benzene ring substituents is 1. The Hall–Kier alpha value is -2.16. The first-order chi connectivity index (χ1) is 8.57. The second kappa shape index (κ2) is 4.84. The fraction of sp³-hybridized carbons (Fsp3) is 0.300. The van der Waals surface area contributed by atoms with E-state index in [0.29, 0.717) is 0 Å². The Balaban J connectivity index is 3.38. The highest BCUT2D eigenvalue weighted by molar-refractivity contribution is 5.91. The van der Waals surface area contributed by atoms with E-state index in [-0.39, 0.29) is 5.56 Å². The van der Waals surface area contributed by atoms with Crippen LogP contribution in [-0.4, -0.2) is 22.0 Å². The van der Waals surface area contributed by atoms with E-state index in [2.05, 4.69) is 0 Å². The largest absolute Gasteiger partial charge is 0.502 e. The van der Waals surface area contributed by atoms with Crippen LogP contribution in [0.15, 0.2) is 12.1 Å². The van der Waals surface area contributed by atoms with Crippen molar-refractivity contribution in [2.75, 3.05) is 0 Å². The Bertz CT molecular complexity index is 542. The summed E-state index contributed by atoms with van der Waals surface area (Å²) in [6, 6.07) is -0.185. The smallest absolute Gasteiger partial charge is 0.452 e. The topological polar surface area (TPSA) is 106 Å². The standard InChI is InChI=1S/C10H9F3N2O4/c1-4-2-3-5(15(18)19)8(16)6(4)7(14)9(17)10(11,12)13/h2-3,7,16H,14H2,1H3. The number of nitro groups is 1. The number of nitrogens with two attached hydrogens (primary N) is 1. The normalized spacial score (nSPS) is 13.1. The predicted molar refractivity (Wildman–Crippen MR) is 57.5 cm³/mol. The summed E-state index contributed by atoms with van der Waals surface area (Å²) in [5, 5.41) is 20.2. The SMILES string of the molecule is Cc1ccc([N+](=O)[O-])c(O)c1C(N)C(=O)C(F)(F)F. The van der Waals surface area contributed by atoms with Crippen LogP contribution in [0.5, 0.6) is 5.75 Å². The van der Waals surface area contributed by atoms with Crippen LogP contribution in [0.25, 0.3) is 0 Å². The van der Waals surface area contributed by atoms with Crippen molar-refractivity contribution in [2.45, 2.75) is 19.1 Å². The minimum Gasteiger partial charge on any atom is -0.502 e. The Labute approximate surface area is 104 Å². The second-order valence-corrected chi connectivity index (χ2v) is 3.76. The highest BCUT2D eigenvalue weighted by atomic mass is 19.4. The van der Waals surface area contributed by atoms with Crippen LogP contribution in [-0.2, 0) is 4.79 Å². The molecule has 0 aliphatic rings. The van der Waals surface area contributed by atoms with Crippen LogP contribution in [0, 0.1) is 17.0 Å². The molecular formula is C10H9F3N2O4. The van der Waals surface area contributed by atoms with E-state index < -0.39 is 39.9 Å². The third-order valence-electron chi connectivity index (χ3n) is 2.48. The minimum atomic E-state index is -5.19. The molecule has 1 unspecified atom stereocenters. The van der Waals surface area contributed by atoms with Gasteiger partial charge < -0.3 is 10.8 Å². The van der Waals surface area contributed by atoms with E-state index in [4.69, 9.17) is 5.73 Å². The zero-order valence-electron chi connectivity index (χ0n) is 9.56. The van der Waals surface area contributed by atoms with Crippen molar-refractivity contribution in [3.05, 3.63) is 33.4 Å². The van der Waals surface area contributed by atoms with E-state index in [1.807, 2.05) is 0 Å². The van der Waals surface area contributed by atoms with Gasteiger partial charge in [-0.15, -0.1) is 0 Å². The van der Waals surface area contributed by atoms with Gasteiger partial charge in [0, 0.05) is 11.6 Å². The summed E-state index contributed by atoms with van der Waals surface area (Å²) in [6.07, 6.45) is -5.19. The number of benzene rings is 1. The lowest BCUT2D eigenvalue weighted by Crippen LogP contribution is -2.34. The van der Waals surface area contributed by atoms with Crippen LogP contribution < -0.4 is 5.73 Å². The molecule has 0 bridgehead atoms. The number of halogens is 3. The molecule has 0 spiro atoms. The molecule has 0 radical (unpaired) electrons. The lowest BCUT2D eigenvalue weighted by Gasteiger charge is -2.16. The lowest BCUT2D eigenvalue weighted by molar-refractivity contribution is -0.386. The monoisotopic (exact) mass is 278 g/mol. The van der Waals surface area contributed by atoms with Crippen molar-refractivity contribution in [3.8, 4) is 5.75 Å². The third kappa shape index (κ3) is 2.81. The number of Topliss-reactive ketones (excluding diaryl/α,β-unsaturated/α-hetero) is 1. The van der Waals surface area contributed by atoms with Gasteiger partial charge in [-0.1, -0.05) is 6.07 Å². The maximum absolute atomic E-state index is 12.3. The Morgan fingerprint density at radius 2 is 2.00 bits per heavy atom. The number of ketones is 1. The first-order valence-corrected chi connectivity index (χ1v) is 4.90. The lowest BCUT2D eigenvalue weighted by atomic mass is 9.96. The van der Waals surface area contributed by atoms with Crippen molar-refractivity contribution in [1.82, 2.24) is 0 Å². The van der Waals surface area contributed by atoms with Gasteiger partial charge in [-0.2, -0.15) is 13.2 Å². The minimum absolute atomic E-state index is 0.0493. The van der Waals surface area contributed by atoms with E-state index >= 15 is 0 Å². The molecule has 0 amide bonds. The van der Waals surface area contributed by atoms with Crippen molar-refractivity contribution in [2.24, 2.45) is 5.73 Å². The van der Waals surface area contributed by atoms with Crippen LogP contribution in [0.2, 0.25) is 0 Å². The molecule has 1 atom stereocenters. The zero-order valence-corrected chi connectivity index (χ0v) is 9.56. The number of hydrogen-bond donors (Lipinski definition) is 2. The highest BCUT2D eigenvalue weighted by Crippen LogP contribution is 2.37. The van der Waals surface area contributed by atoms with Gasteiger partial charge in [0.25, 0.3) is 5.78 Å². The molecular weight excluding hydrogens is 269 g/mol. The molecule has 9 heteroatoms. The Morgan fingerprint density at radius 1 is 1.47 bits per heavy atom. The number of aromatic hydroxyl groups is 1. The van der Waals surface area contributed by atoms with Crippen molar-refractivity contribution >= 4 is 11.5 Å².